The van der Waals surface area contributed by atoms with Gasteiger partial charge in [0.05, 0.1) is 18.8 Å². The number of carbonyl (C=O) groups is 1. The number of hydrogen-bond donors (Lipinski definition) is 2. The second-order valence-corrected chi connectivity index (χ2v) is 3.70. The molecular formula is C10H17N3O2. The normalized spacial score (nSPS) is 15.2. The number of primary amides is 1. The summed E-state index contributed by atoms with van der Waals surface area (Å²) in [5.74, 6) is 0.364. The van der Waals surface area contributed by atoms with Crippen LogP contribution in [-0.2, 0) is 4.79 Å². The fraction of sp³-hybridized carbons (Fsp3) is 0.500. The van der Waals surface area contributed by atoms with Crippen LogP contribution in [0.25, 0.3) is 0 Å². The van der Waals surface area contributed by atoms with Gasteiger partial charge in [-0.3, -0.25) is 9.69 Å². The van der Waals surface area contributed by atoms with Crippen LogP contribution in [0.5, 0.6) is 0 Å². The van der Waals surface area contributed by atoms with E-state index in [4.69, 9.17) is 15.9 Å². The van der Waals surface area contributed by atoms with Gasteiger partial charge in [-0.1, -0.05) is 0 Å². The Morgan fingerprint density at radius 1 is 1.67 bits per heavy atom. The van der Waals surface area contributed by atoms with Crippen molar-refractivity contribution in [2.75, 3.05) is 13.6 Å². The minimum absolute atomic E-state index is 0.132. The van der Waals surface area contributed by atoms with Gasteiger partial charge < -0.3 is 15.9 Å². The van der Waals surface area contributed by atoms with E-state index in [0.29, 0.717) is 0 Å². The number of carbonyl (C=O) groups excluding carboxylic acids is 1. The van der Waals surface area contributed by atoms with E-state index in [1.165, 1.54) is 0 Å². The van der Waals surface area contributed by atoms with Gasteiger partial charge in [0.1, 0.15) is 5.76 Å². The summed E-state index contributed by atoms with van der Waals surface area (Å²) in [6.07, 6.45) is 1.59. The number of rotatable bonds is 5. The molecule has 0 aliphatic carbocycles. The third kappa shape index (κ3) is 3.07. The smallest absolute Gasteiger partial charge is 0.231 e. The monoisotopic (exact) mass is 211 g/mol. The Morgan fingerprint density at radius 2 is 2.33 bits per heavy atom. The van der Waals surface area contributed by atoms with Crippen LogP contribution in [-0.4, -0.2) is 30.4 Å². The first kappa shape index (κ1) is 11.7. The summed E-state index contributed by atoms with van der Waals surface area (Å²) < 4.78 is 5.29. The zero-order valence-corrected chi connectivity index (χ0v) is 9.01. The Bertz CT molecular complexity index is 308. The summed E-state index contributed by atoms with van der Waals surface area (Å²) >= 11 is 0. The highest BCUT2D eigenvalue weighted by atomic mass is 16.3. The Kier molecular flexibility index (Phi) is 3.88. The summed E-state index contributed by atoms with van der Waals surface area (Å²) in [4.78, 5) is 12.6. The number of hydrogen-bond acceptors (Lipinski definition) is 4. The van der Waals surface area contributed by atoms with Crippen molar-refractivity contribution in [3.8, 4) is 0 Å². The number of nitrogens with zero attached hydrogens (tertiary/aromatic N) is 1. The van der Waals surface area contributed by atoms with Crippen LogP contribution in [0.2, 0.25) is 0 Å². The van der Waals surface area contributed by atoms with E-state index in [0.717, 1.165) is 5.76 Å². The topological polar surface area (TPSA) is 85.5 Å². The standard InChI is InChI=1S/C10H17N3O2/c1-7(11)10(8-4-3-5-15-8)13(2)6-9(12)14/h3-5,7,10H,6,11H2,1-2H3,(H2,12,14). The molecule has 5 nitrogen and oxygen atoms in total. The fourth-order valence-corrected chi connectivity index (χ4v) is 1.68. The molecule has 84 valence electrons. The maximum atomic E-state index is 10.8. The number of furan rings is 1. The first-order chi connectivity index (χ1) is 7.02. The molecule has 0 aliphatic rings. The van der Waals surface area contributed by atoms with E-state index in [2.05, 4.69) is 0 Å². The lowest BCUT2D eigenvalue weighted by Crippen LogP contribution is -2.41. The second kappa shape index (κ2) is 4.95. The molecule has 0 radical (unpaired) electrons. The van der Waals surface area contributed by atoms with Gasteiger partial charge in [-0.2, -0.15) is 0 Å². The van der Waals surface area contributed by atoms with Crippen molar-refractivity contribution >= 4 is 5.91 Å². The first-order valence-electron chi connectivity index (χ1n) is 4.80. The second-order valence-electron chi connectivity index (χ2n) is 3.70. The minimum atomic E-state index is -0.380. The zero-order valence-electron chi connectivity index (χ0n) is 9.01. The summed E-state index contributed by atoms with van der Waals surface area (Å²) in [7, 11) is 1.79. The van der Waals surface area contributed by atoms with E-state index in [9.17, 15) is 4.79 Å². The number of amides is 1. The van der Waals surface area contributed by atoms with Gasteiger partial charge in [-0.15, -0.1) is 0 Å². The van der Waals surface area contributed by atoms with Gasteiger partial charge in [0.15, 0.2) is 0 Å². The van der Waals surface area contributed by atoms with Crippen LogP contribution in [0.4, 0.5) is 0 Å². The lowest BCUT2D eigenvalue weighted by molar-refractivity contribution is -0.119. The molecule has 0 saturated heterocycles. The van der Waals surface area contributed by atoms with Crippen LogP contribution in [0.3, 0.4) is 0 Å². The molecule has 4 N–H and O–H groups in total. The van der Waals surface area contributed by atoms with Crippen molar-refractivity contribution < 1.29 is 9.21 Å². The Morgan fingerprint density at radius 3 is 2.73 bits per heavy atom. The molecule has 1 heterocycles. The molecule has 1 rings (SSSR count). The van der Waals surface area contributed by atoms with Crippen molar-refractivity contribution in [3.63, 3.8) is 0 Å². The van der Waals surface area contributed by atoms with Gasteiger partial charge >= 0.3 is 0 Å². The molecule has 1 aromatic rings. The molecule has 0 fully saturated rings. The van der Waals surface area contributed by atoms with Crippen LogP contribution in [0.1, 0.15) is 18.7 Å². The Labute approximate surface area is 89.0 Å². The Balaban J connectivity index is 2.79. The van der Waals surface area contributed by atoms with Crippen molar-refractivity contribution in [2.24, 2.45) is 11.5 Å². The largest absolute Gasteiger partial charge is 0.468 e. The molecule has 2 unspecified atom stereocenters. The van der Waals surface area contributed by atoms with Gasteiger partial charge in [0, 0.05) is 6.04 Å². The number of likely N-dealkylation sites (N-methyl/N-ethyl adjacent to an activating group) is 1. The molecule has 0 spiro atoms. The van der Waals surface area contributed by atoms with E-state index < -0.39 is 0 Å². The highest BCUT2D eigenvalue weighted by Gasteiger charge is 2.24. The third-order valence-electron chi connectivity index (χ3n) is 2.21. The molecule has 1 aromatic heterocycles. The zero-order chi connectivity index (χ0) is 11.4. The van der Waals surface area contributed by atoms with Gasteiger partial charge in [0.25, 0.3) is 0 Å². The predicted molar refractivity (Wildman–Crippen MR) is 56.9 cm³/mol. The molecule has 5 heteroatoms. The summed E-state index contributed by atoms with van der Waals surface area (Å²) in [5.41, 5.74) is 11.0. The average molecular weight is 211 g/mol. The maximum absolute atomic E-state index is 10.8. The molecular weight excluding hydrogens is 194 g/mol. The van der Waals surface area contributed by atoms with E-state index in [1.807, 2.05) is 13.0 Å². The van der Waals surface area contributed by atoms with Crippen LogP contribution in [0.15, 0.2) is 22.8 Å². The quantitative estimate of drug-likeness (QED) is 0.722. The molecule has 0 aromatic carbocycles. The van der Waals surface area contributed by atoms with Gasteiger partial charge in [0.2, 0.25) is 5.91 Å². The summed E-state index contributed by atoms with van der Waals surface area (Å²) in [5, 5.41) is 0. The highest BCUT2D eigenvalue weighted by molar-refractivity contribution is 5.75. The minimum Gasteiger partial charge on any atom is -0.468 e. The van der Waals surface area contributed by atoms with Gasteiger partial charge in [-0.05, 0) is 26.1 Å². The fourth-order valence-electron chi connectivity index (χ4n) is 1.68. The van der Waals surface area contributed by atoms with E-state index in [-0.39, 0.29) is 24.5 Å². The first-order valence-corrected chi connectivity index (χ1v) is 4.80. The highest BCUT2D eigenvalue weighted by Crippen LogP contribution is 2.22. The summed E-state index contributed by atoms with van der Waals surface area (Å²) in [6.45, 7) is 2.03. The SMILES string of the molecule is CC(N)C(c1ccco1)N(C)CC(N)=O. The van der Waals surface area contributed by atoms with Gasteiger partial charge in [-0.25, -0.2) is 0 Å². The molecule has 15 heavy (non-hydrogen) atoms. The van der Waals surface area contributed by atoms with Crippen molar-refractivity contribution in [1.29, 1.82) is 0 Å². The van der Waals surface area contributed by atoms with E-state index in [1.54, 1.807) is 24.3 Å². The maximum Gasteiger partial charge on any atom is 0.231 e. The van der Waals surface area contributed by atoms with Crippen LogP contribution >= 0.6 is 0 Å². The summed E-state index contributed by atoms with van der Waals surface area (Å²) in [6, 6.07) is 3.36. The average Bonchev–Trinajstić information content (AvgIpc) is 2.54. The van der Waals surface area contributed by atoms with Crippen LogP contribution in [0, 0.1) is 0 Å². The predicted octanol–water partition coefficient (Wildman–Crippen LogP) is 0.0850. The van der Waals surface area contributed by atoms with Crippen molar-refractivity contribution in [1.82, 2.24) is 4.90 Å². The third-order valence-corrected chi connectivity index (χ3v) is 2.21. The lowest BCUT2D eigenvalue weighted by atomic mass is 10.1. The molecule has 1 amide bonds. The molecule has 0 aliphatic heterocycles. The molecule has 0 bridgehead atoms. The molecule has 2 atom stereocenters. The van der Waals surface area contributed by atoms with E-state index >= 15 is 0 Å². The van der Waals surface area contributed by atoms with Crippen LogP contribution < -0.4 is 11.5 Å². The number of nitrogens with two attached hydrogens (primary N) is 2. The molecule has 0 saturated carbocycles. The lowest BCUT2D eigenvalue weighted by Gasteiger charge is -2.28. The van der Waals surface area contributed by atoms with Crippen molar-refractivity contribution in [3.05, 3.63) is 24.2 Å². The Hall–Kier alpha value is -1.33. The van der Waals surface area contributed by atoms with Crippen molar-refractivity contribution in [2.45, 2.75) is 19.0 Å².